The predicted molar refractivity (Wildman–Crippen MR) is 110 cm³/mol. The molecule has 0 aromatic carbocycles. The van der Waals surface area contributed by atoms with Crippen LogP contribution in [0.1, 0.15) is 17.9 Å². The van der Waals surface area contributed by atoms with E-state index in [0.717, 1.165) is 35.7 Å². The predicted octanol–water partition coefficient (Wildman–Crippen LogP) is 2.85. The lowest BCUT2D eigenvalue weighted by molar-refractivity contribution is 0.700. The summed E-state index contributed by atoms with van der Waals surface area (Å²) in [5, 5.41) is 6.74. The molecule has 0 saturated carbocycles. The van der Waals surface area contributed by atoms with Gasteiger partial charge in [-0.05, 0) is 30.2 Å². The fourth-order valence-corrected chi connectivity index (χ4v) is 4.11. The van der Waals surface area contributed by atoms with Crippen molar-refractivity contribution in [2.75, 3.05) is 23.7 Å². The molecule has 28 heavy (non-hydrogen) atoms. The molecular weight excluding hydrogens is 374 g/mol. The molecule has 9 heteroatoms. The van der Waals surface area contributed by atoms with Gasteiger partial charge in [-0.2, -0.15) is 0 Å². The minimum absolute atomic E-state index is 0.210. The summed E-state index contributed by atoms with van der Waals surface area (Å²) in [6, 6.07) is 7.58. The number of hydrogen-bond acceptors (Lipinski definition) is 8. The highest BCUT2D eigenvalue weighted by Crippen LogP contribution is 2.32. The zero-order valence-electron chi connectivity index (χ0n) is 14.8. The number of thiazole rings is 1. The highest BCUT2D eigenvalue weighted by Gasteiger charge is 2.22. The first-order chi connectivity index (χ1) is 13.8. The molecule has 3 N–H and O–H groups in total. The molecule has 4 aromatic rings. The molecule has 0 spiro atoms. The van der Waals surface area contributed by atoms with E-state index in [9.17, 15) is 4.79 Å². The van der Waals surface area contributed by atoms with Crippen LogP contribution in [0.2, 0.25) is 0 Å². The number of nitrogens with zero attached hydrogens (tertiary/aromatic N) is 4. The third-order valence-corrected chi connectivity index (χ3v) is 5.56. The standard InChI is InChI=1S/C19H17N7OS/c27-18-13(4-2-7-22-18)16-25-17(14-19(26-16)28-10-24-14)21-8-5-11-9-23-15-12(11)3-1-6-20-15/h1-4,6-7,10-11H,5,8-9H2,(H,20,23)(H,22,27)(H,21,25,26). The van der Waals surface area contributed by atoms with Gasteiger partial charge in [0.05, 0.1) is 11.1 Å². The second kappa shape index (κ2) is 7.01. The Morgan fingerprint density at radius 2 is 2.18 bits per heavy atom. The van der Waals surface area contributed by atoms with Gasteiger partial charge in [0.2, 0.25) is 0 Å². The normalized spacial score (nSPS) is 15.4. The zero-order valence-corrected chi connectivity index (χ0v) is 15.7. The van der Waals surface area contributed by atoms with Crippen molar-refractivity contribution in [2.24, 2.45) is 0 Å². The summed E-state index contributed by atoms with van der Waals surface area (Å²) in [4.78, 5) is 33.4. The molecule has 0 aliphatic carbocycles. The van der Waals surface area contributed by atoms with Gasteiger partial charge in [0.15, 0.2) is 11.6 Å². The Kier molecular flexibility index (Phi) is 4.21. The van der Waals surface area contributed by atoms with E-state index in [2.05, 4.69) is 41.6 Å². The van der Waals surface area contributed by atoms with Crippen molar-refractivity contribution in [1.82, 2.24) is 24.9 Å². The van der Waals surface area contributed by atoms with Crippen molar-refractivity contribution >= 4 is 33.3 Å². The summed E-state index contributed by atoms with van der Waals surface area (Å²) in [6.45, 7) is 1.61. The van der Waals surface area contributed by atoms with Gasteiger partial charge in [-0.15, -0.1) is 11.3 Å². The lowest BCUT2D eigenvalue weighted by Gasteiger charge is -2.12. The van der Waals surface area contributed by atoms with Gasteiger partial charge in [0.25, 0.3) is 5.56 Å². The molecule has 0 radical (unpaired) electrons. The van der Waals surface area contributed by atoms with E-state index in [1.165, 1.54) is 16.9 Å². The molecule has 140 valence electrons. The Labute approximate surface area is 164 Å². The van der Waals surface area contributed by atoms with E-state index in [0.29, 0.717) is 23.1 Å². The largest absolute Gasteiger partial charge is 0.369 e. The fourth-order valence-electron chi connectivity index (χ4n) is 3.45. The first kappa shape index (κ1) is 16.8. The van der Waals surface area contributed by atoms with Crippen LogP contribution < -0.4 is 16.2 Å². The number of anilines is 2. The highest BCUT2D eigenvalue weighted by molar-refractivity contribution is 7.16. The summed E-state index contributed by atoms with van der Waals surface area (Å²) in [5.74, 6) is 2.43. The minimum atomic E-state index is -0.210. The maximum atomic E-state index is 12.1. The van der Waals surface area contributed by atoms with E-state index in [1.807, 2.05) is 6.07 Å². The smallest absolute Gasteiger partial charge is 0.259 e. The number of rotatable bonds is 5. The van der Waals surface area contributed by atoms with Crippen LogP contribution in [0.4, 0.5) is 11.6 Å². The number of nitrogens with one attached hydrogen (secondary N) is 3. The summed E-state index contributed by atoms with van der Waals surface area (Å²) in [6.07, 6.45) is 4.33. The Balaban J connectivity index is 1.39. The van der Waals surface area contributed by atoms with E-state index >= 15 is 0 Å². The topological polar surface area (TPSA) is 108 Å². The molecule has 8 nitrogen and oxygen atoms in total. The number of aromatic amines is 1. The van der Waals surface area contributed by atoms with Gasteiger partial charge in [-0.3, -0.25) is 4.79 Å². The van der Waals surface area contributed by atoms with Gasteiger partial charge in [0, 0.05) is 31.4 Å². The van der Waals surface area contributed by atoms with Gasteiger partial charge in [-0.25, -0.2) is 19.9 Å². The molecule has 0 fully saturated rings. The van der Waals surface area contributed by atoms with Crippen molar-refractivity contribution in [3.8, 4) is 11.4 Å². The third-order valence-electron chi connectivity index (χ3n) is 4.84. The maximum absolute atomic E-state index is 12.1. The monoisotopic (exact) mass is 391 g/mol. The second-order valence-electron chi connectivity index (χ2n) is 6.55. The second-order valence-corrected chi connectivity index (χ2v) is 7.38. The first-order valence-corrected chi connectivity index (χ1v) is 9.89. The highest BCUT2D eigenvalue weighted by atomic mass is 32.1. The molecule has 0 amide bonds. The minimum Gasteiger partial charge on any atom is -0.369 e. The Hall–Kier alpha value is -3.33. The molecule has 5 rings (SSSR count). The molecule has 0 bridgehead atoms. The van der Waals surface area contributed by atoms with Crippen molar-refractivity contribution in [3.63, 3.8) is 0 Å². The van der Waals surface area contributed by atoms with Crippen LogP contribution in [0.15, 0.2) is 47.0 Å². The van der Waals surface area contributed by atoms with Crippen LogP contribution >= 0.6 is 11.3 Å². The van der Waals surface area contributed by atoms with E-state index in [-0.39, 0.29) is 5.56 Å². The van der Waals surface area contributed by atoms with Crippen LogP contribution in [-0.4, -0.2) is 38.0 Å². The average molecular weight is 391 g/mol. The molecule has 5 heterocycles. The summed E-state index contributed by atoms with van der Waals surface area (Å²) in [7, 11) is 0. The van der Waals surface area contributed by atoms with Crippen molar-refractivity contribution in [1.29, 1.82) is 0 Å². The van der Waals surface area contributed by atoms with Crippen LogP contribution in [0.5, 0.6) is 0 Å². The van der Waals surface area contributed by atoms with Crippen molar-refractivity contribution in [3.05, 3.63) is 58.1 Å². The van der Waals surface area contributed by atoms with Crippen LogP contribution in [-0.2, 0) is 0 Å². The van der Waals surface area contributed by atoms with E-state index < -0.39 is 0 Å². The molecule has 0 saturated heterocycles. The van der Waals surface area contributed by atoms with Crippen molar-refractivity contribution < 1.29 is 0 Å². The van der Waals surface area contributed by atoms with Crippen LogP contribution in [0.25, 0.3) is 21.7 Å². The summed E-state index contributed by atoms with van der Waals surface area (Å²) < 4.78 is 0. The van der Waals surface area contributed by atoms with Crippen LogP contribution in [0, 0.1) is 0 Å². The Bertz CT molecular complexity index is 1200. The first-order valence-electron chi connectivity index (χ1n) is 9.01. The van der Waals surface area contributed by atoms with Gasteiger partial charge in [-0.1, -0.05) is 6.07 Å². The number of H-pyrrole nitrogens is 1. The molecule has 1 atom stereocenters. The maximum Gasteiger partial charge on any atom is 0.259 e. The molecule has 1 aliphatic rings. The number of pyridine rings is 2. The lowest BCUT2D eigenvalue weighted by atomic mass is 10.00. The molecule has 4 aromatic heterocycles. The van der Waals surface area contributed by atoms with Gasteiger partial charge >= 0.3 is 0 Å². The summed E-state index contributed by atoms with van der Waals surface area (Å²) in [5.41, 5.74) is 3.96. The number of aromatic nitrogens is 5. The molecule has 1 aliphatic heterocycles. The number of hydrogen-bond donors (Lipinski definition) is 3. The summed E-state index contributed by atoms with van der Waals surface area (Å²) >= 11 is 1.43. The van der Waals surface area contributed by atoms with Gasteiger partial charge in [0.1, 0.15) is 16.2 Å². The number of fused-ring (bicyclic) bond motifs is 2. The Morgan fingerprint density at radius 3 is 3.11 bits per heavy atom. The third kappa shape index (κ3) is 2.99. The fraction of sp³-hybridized carbons (Fsp3) is 0.211. The quantitative estimate of drug-likeness (QED) is 0.480. The average Bonchev–Trinajstić information content (AvgIpc) is 3.35. The van der Waals surface area contributed by atoms with Gasteiger partial charge < -0.3 is 15.6 Å². The van der Waals surface area contributed by atoms with Crippen LogP contribution in [0.3, 0.4) is 0 Å². The van der Waals surface area contributed by atoms with Crippen molar-refractivity contribution in [2.45, 2.75) is 12.3 Å². The lowest BCUT2D eigenvalue weighted by Crippen LogP contribution is -2.13. The van der Waals surface area contributed by atoms with E-state index in [1.54, 1.807) is 30.0 Å². The SMILES string of the molecule is O=c1[nH]cccc1-c1nc(NCCC2CNc3ncccc32)c2ncsc2n1. The molecule has 1 unspecified atom stereocenters. The zero-order chi connectivity index (χ0) is 18.9. The Morgan fingerprint density at radius 1 is 1.21 bits per heavy atom. The van der Waals surface area contributed by atoms with E-state index in [4.69, 9.17) is 0 Å². The molecular formula is C19H17N7OS.